The smallest absolute Gasteiger partial charge is 0.154 e. The minimum absolute atomic E-state index is 0.454. The van der Waals surface area contributed by atoms with Crippen molar-refractivity contribution in [2.24, 2.45) is 0 Å². The summed E-state index contributed by atoms with van der Waals surface area (Å²) >= 11 is 12.0. The maximum Gasteiger partial charge on any atom is 0.154 e. The Morgan fingerprint density at radius 1 is 1.00 bits per heavy atom. The quantitative estimate of drug-likeness (QED) is 0.679. The molecule has 0 unspecified atom stereocenters. The van der Waals surface area contributed by atoms with Gasteiger partial charge in [0.1, 0.15) is 23.1 Å². The number of nitrogens with zero attached hydrogens (tertiary/aromatic N) is 4. The van der Waals surface area contributed by atoms with Gasteiger partial charge >= 0.3 is 0 Å². The molecule has 4 nitrogen and oxygen atoms in total. The van der Waals surface area contributed by atoms with Gasteiger partial charge in [0.25, 0.3) is 0 Å². The lowest BCUT2D eigenvalue weighted by Crippen LogP contribution is -2.34. The fraction of sp³-hybridized carbons (Fsp3) is 0.250. The van der Waals surface area contributed by atoms with Gasteiger partial charge in [0.05, 0.1) is 21.1 Å². The summed E-state index contributed by atoms with van der Waals surface area (Å²) in [6.45, 7) is 0.784. The van der Waals surface area contributed by atoms with Gasteiger partial charge < -0.3 is 4.48 Å². The van der Waals surface area contributed by atoms with Gasteiger partial charge in [0.2, 0.25) is 0 Å². The Hall–Kier alpha value is -1.62. The molecule has 22 heavy (non-hydrogen) atoms. The van der Waals surface area contributed by atoms with Gasteiger partial charge in [-0.1, -0.05) is 35.3 Å². The predicted molar refractivity (Wildman–Crippen MR) is 90.2 cm³/mol. The van der Waals surface area contributed by atoms with Crippen LogP contribution in [0.1, 0.15) is 5.69 Å². The van der Waals surface area contributed by atoms with E-state index in [9.17, 15) is 0 Å². The van der Waals surface area contributed by atoms with E-state index < -0.39 is 0 Å². The lowest BCUT2D eigenvalue weighted by atomic mass is 10.1. The van der Waals surface area contributed by atoms with Crippen molar-refractivity contribution in [3.05, 3.63) is 52.3 Å². The van der Waals surface area contributed by atoms with Crippen LogP contribution >= 0.6 is 23.2 Å². The van der Waals surface area contributed by atoms with Crippen LogP contribution in [0.25, 0.3) is 16.9 Å². The Labute approximate surface area is 139 Å². The van der Waals surface area contributed by atoms with E-state index in [1.54, 1.807) is 6.07 Å². The summed E-state index contributed by atoms with van der Waals surface area (Å²) in [5.41, 5.74) is 3.76. The van der Waals surface area contributed by atoms with E-state index in [2.05, 4.69) is 26.2 Å². The molecule has 0 spiro atoms. The highest BCUT2D eigenvalue weighted by Crippen LogP contribution is 2.27. The molecule has 0 saturated heterocycles. The third-order valence-electron chi connectivity index (χ3n) is 3.28. The monoisotopic (exact) mass is 335 g/mol. The lowest BCUT2D eigenvalue weighted by molar-refractivity contribution is -0.884. The Bertz CT molecular complexity index is 817. The molecule has 0 bridgehead atoms. The molecule has 0 amide bonds. The number of imidazole rings is 1. The lowest BCUT2D eigenvalue weighted by Gasteiger charge is -2.23. The van der Waals surface area contributed by atoms with E-state index in [1.165, 1.54) is 0 Å². The summed E-state index contributed by atoms with van der Waals surface area (Å²) in [5.74, 6) is 0. The molecule has 6 heteroatoms. The van der Waals surface area contributed by atoms with Crippen LogP contribution in [0.3, 0.4) is 0 Å². The highest BCUT2D eigenvalue weighted by Gasteiger charge is 2.21. The summed E-state index contributed by atoms with van der Waals surface area (Å²) in [7, 11) is 6.40. The van der Waals surface area contributed by atoms with Crippen LogP contribution in [0.5, 0.6) is 0 Å². The predicted octanol–water partition coefficient (Wildman–Crippen LogP) is 3.91. The number of quaternary nitrogens is 1. The first-order valence-corrected chi connectivity index (χ1v) is 7.70. The SMILES string of the molecule is C[N+](C)(C)Cc1c(-c2ccc(Cl)cc2)nc2ccc(Cl)nn12. The highest BCUT2D eigenvalue weighted by atomic mass is 35.5. The highest BCUT2D eigenvalue weighted by molar-refractivity contribution is 6.30. The second-order valence-electron chi connectivity index (χ2n) is 6.29. The molecule has 0 radical (unpaired) electrons. The topological polar surface area (TPSA) is 30.2 Å². The van der Waals surface area contributed by atoms with Gasteiger partial charge in [0.15, 0.2) is 5.65 Å². The van der Waals surface area contributed by atoms with Crippen molar-refractivity contribution in [1.82, 2.24) is 14.6 Å². The average molecular weight is 336 g/mol. The van der Waals surface area contributed by atoms with Gasteiger partial charge in [-0.15, -0.1) is 0 Å². The van der Waals surface area contributed by atoms with Gasteiger partial charge in [-0.2, -0.15) is 5.10 Å². The van der Waals surface area contributed by atoms with E-state index >= 15 is 0 Å². The molecule has 0 atom stereocenters. The van der Waals surface area contributed by atoms with Gasteiger partial charge in [-0.05, 0) is 24.3 Å². The summed E-state index contributed by atoms with van der Waals surface area (Å²) in [5, 5.41) is 5.57. The van der Waals surface area contributed by atoms with E-state index in [-0.39, 0.29) is 0 Å². The molecule has 2 aromatic heterocycles. The van der Waals surface area contributed by atoms with Gasteiger partial charge in [-0.25, -0.2) is 9.50 Å². The Balaban J connectivity index is 2.23. The van der Waals surface area contributed by atoms with Crippen LogP contribution in [0.2, 0.25) is 10.2 Å². The molecule has 114 valence electrons. The molecule has 0 N–H and O–H groups in total. The molecule has 0 fully saturated rings. The molecular weight excluding hydrogens is 319 g/mol. The normalized spacial score (nSPS) is 12.0. The average Bonchev–Trinajstić information content (AvgIpc) is 2.76. The standard InChI is InChI=1S/C16H17Cl2N4/c1-22(2,3)10-13-16(11-4-6-12(17)7-5-11)19-15-9-8-14(18)20-21(13)15/h4-9H,10H2,1-3H3/q+1. The third kappa shape index (κ3) is 3.09. The van der Waals surface area contributed by atoms with Crippen molar-refractivity contribution in [3.8, 4) is 11.3 Å². The first kappa shape index (κ1) is 15.3. The van der Waals surface area contributed by atoms with Crippen LogP contribution in [-0.4, -0.2) is 40.2 Å². The van der Waals surface area contributed by atoms with Gasteiger partial charge in [-0.3, -0.25) is 0 Å². The van der Waals surface area contributed by atoms with Crippen LogP contribution < -0.4 is 0 Å². The number of hydrogen-bond acceptors (Lipinski definition) is 2. The number of benzene rings is 1. The van der Waals surface area contributed by atoms with E-state index in [4.69, 9.17) is 28.2 Å². The second kappa shape index (κ2) is 5.54. The molecule has 3 aromatic rings. The largest absolute Gasteiger partial charge is 0.326 e. The Kier molecular flexibility index (Phi) is 3.85. The maximum atomic E-state index is 6.06. The molecule has 0 aliphatic carbocycles. The fourth-order valence-electron chi connectivity index (χ4n) is 2.39. The summed E-state index contributed by atoms with van der Waals surface area (Å²) in [6.07, 6.45) is 0. The maximum absolute atomic E-state index is 6.06. The summed E-state index contributed by atoms with van der Waals surface area (Å²) in [4.78, 5) is 4.73. The first-order chi connectivity index (χ1) is 10.3. The van der Waals surface area contributed by atoms with Crippen LogP contribution in [-0.2, 0) is 6.54 Å². The van der Waals surface area contributed by atoms with Crippen molar-refractivity contribution < 1.29 is 4.48 Å². The number of halogens is 2. The Morgan fingerprint density at radius 3 is 2.32 bits per heavy atom. The fourth-order valence-corrected chi connectivity index (χ4v) is 2.65. The zero-order chi connectivity index (χ0) is 15.9. The van der Waals surface area contributed by atoms with E-state index in [0.717, 1.165) is 33.6 Å². The minimum Gasteiger partial charge on any atom is -0.326 e. The summed E-state index contributed by atoms with van der Waals surface area (Å²) in [6, 6.07) is 11.3. The molecule has 0 saturated carbocycles. The van der Waals surface area contributed by atoms with Crippen molar-refractivity contribution in [1.29, 1.82) is 0 Å². The number of hydrogen-bond donors (Lipinski definition) is 0. The molecule has 2 heterocycles. The van der Waals surface area contributed by atoms with Gasteiger partial charge in [0, 0.05) is 10.6 Å². The molecule has 3 rings (SSSR count). The zero-order valence-corrected chi connectivity index (χ0v) is 14.2. The van der Waals surface area contributed by atoms with Crippen LogP contribution in [0, 0.1) is 0 Å². The molecule has 0 aliphatic heterocycles. The van der Waals surface area contributed by atoms with Crippen LogP contribution in [0.4, 0.5) is 0 Å². The molecule has 0 aliphatic rings. The first-order valence-electron chi connectivity index (χ1n) is 6.94. The van der Waals surface area contributed by atoms with Crippen molar-refractivity contribution >= 4 is 28.8 Å². The second-order valence-corrected chi connectivity index (χ2v) is 7.11. The van der Waals surface area contributed by atoms with Crippen LogP contribution in [0.15, 0.2) is 36.4 Å². The van der Waals surface area contributed by atoms with E-state index in [1.807, 2.05) is 34.8 Å². The zero-order valence-electron chi connectivity index (χ0n) is 12.7. The minimum atomic E-state index is 0.454. The number of fused-ring (bicyclic) bond motifs is 1. The van der Waals surface area contributed by atoms with Crippen molar-refractivity contribution in [2.45, 2.75) is 6.54 Å². The van der Waals surface area contributed by atoms with Crippen molar-refractivity contribution in [2.75, 3.05) is 21.1 Å². The third-order valence-corrected chi connectivity index (χ3v) is 3.73. The molecular formula is C16H17Cl2N4+. The number of aromatic nitrogens is 3. The Morgan fingerprint density at radius 2 is 1.68 bits per heavy atom. The molecule has 1 aromatic carbocycles. The van der Waals surface area contributed by atoms with E-state index in [0.29, 0.717) is 10.2 Å². The number of rotatable bonds is 3. The van der Waals surface area contributed by atoms with Crippen molar-refractivity contribution in [3.63, 3.8) is 0 Å². The summed E-state index contributed by atoms with van der Waals surface area (Å²) < 4.78 is 2.60.